The molecule has 8 heteroatoms. The van der Waals surface area contributed by atoms with Crippen molar-refractivity contribution in [3.8, 4) is 5.75 Å². The lowest BCUT2D eigenvalue weighted by molar-refractivity contribution is 0.114. The van der Waals surface area contributed by atoms with E-state index in [-0.39, 0.29) is 29.8 Å². The van der Waals surface area contributed by atoms with Gasteiger partial charge in [-0.2, -0.15) is 0 Å². The normalized spacial score (nSPS) is 18.9. The molecule has 6 nitrogen and oxygen atoms in total. The number of nitrogens with two attached hydrogens (primary N) is 1. The van der Waals surface area contributed by atoms with Crippen LogP contribution in [0.15, 0.2) is 17.0 Å². The molecule has 1 aromatic carbocycles. The molecule has 0 aromatic heterocycles. The average Bonchev–Trinajstić information content (AvgIpc) is 2.97. The summed E-state index contributed by atoms with van der Waals surface area (Å²) in [7, 11) is -2.34. The zero-order valence-corrected chi connectivity index (χ0v) is 13.3. The summed E-state index contributed by atoms with van der Waals surface area (Å²) < 4.78 is 38.0. The van der Waals surface area contributed by atoms with Gasteiger partial charge in [0.2, 0.25) is 10.0 Å². The predicted octanol–water partition coefficient (Wildman–Crippen LogP) is 1.26. The number of benzene rings is 1. The standard InChI is InChI=1S/C13H19ClN2O4S/c1-19-13-9(7-15)5-10(14)6-12(13)21(17,18)16-8-11-3-2-4-20-11/h5-6,11,16H,2-4,7-8,15H2,1H3. The van der Waals surface area contributed by atoms with Crippen LogP contribution in [0.1, 0.15) is 18.4 Å². The van der Waals surface area contributed by atoms with Crippen molar-refractivity contribution in [2.45, 2.75) is 30.4 Å². The summed E-state index contributed by atoms with van der Waals surface area (Å²) in [5.41, 5.74) is 6.15. The SMILES string of the molecule is COc1c(CN)cc(Cl)cc1S(=O)(=O)NCC1CCCO1. The van der Waals surface area contributed by atoms with Gasteiger partial charge in [0.1, 0.15) is 10.6 Å². The summed E-state index contributed by atoms with van der Waals surface area (Å²) >= 11 is 5.96. The fourth-order valence-corrected chi connectivity index (χ4v) is 3.90. The minimum atomic E-state index is -3.74. The molecule has 1 fully saturated rings. The third kappa shape index (κ3) is 3.87. The number of rotatable bonds is 6. The van der Waals surface area contributed by atoms with Crippen LogP contribution in [0.2, 0.25) is 5.02 Å². The Kier molecular flexibility index (Phi) is 5.45. The number of sulfonamides is 1. The van der Waals surface area contributed by atoms with E-state index in [0.29, 0.717) is 17.2 Å². The molecule has 21 heavy (non-hydrogen) atoms. The van der Waals surface area contributed by atoms with E-state index < -0.39 is 10.0 Å². The van der Waals surface area contributed by atoms with Crippen LogP contribution in [0.4, 0.5) is 0 Å². The van der Waals surface area contributed by atoms with E-state index in [1.807, 2.05) is 0 Å². The summed E-state index contributed by atoms with van der Waals surface area (Å²) in [6, 6.07) is 2.96. The second-order valence-corrected chi connectivity index (χ2v) is 6.96. The maximum Gasteiger partial charge on any atom is 0.244 e. The number of nitrogens with one attached hydrogen (secondary N) is 1. The van der Waals surface area contributed by atoms with Crippen LogP contribution in [0.3, 0.4) is 0 Å². The first-order valence-electron chi connectivity index (χ1n) is 6.65. The van der Waals surface area contributed by atoms with E-state index in [4.69, 9.17) is 26.8 Å². The van der Waals surface area contributed by atoms with Crippen molar-refractivity contribution in [2.24, 2.45) is 5.73 Å². The number of methoxy groups -OCH3 is 1. The lowest BCUT2D eigenvalue weighted by Crippen LogP contribution is -2.32. The summed E-state index contributed by atoms with van der Waals surface area (Å²) in [4.78, 5) is -0.00375. The van der Waals surface area contributed by atoms with Crippen LogP contribution in [-0.4, -0.2) is 34.8 Å². The van der Waals surface area contributed by atoms with Crippen LogP contribution in [0, 0.1) is 0 Å². The van der Waals surface area contributed by atoms with Crippen molar-refractivity contribution in [3.05, 3.63) is 22.7 Å². The highest BCUT2D eigenvalue weighted by atomic mass is 35.5. The van der Waals surface area contributed by atoms with Gasteiger partial charge in [-0.05, 0) is 25.0 Å². The van der Waals surface area contributed by atoms with Crippen LogP contribution in [0.25, 0.3) is 0 Å². The van der Waals surface area contributed by atoms with E-state index >= 15 is 0 Å². The molecule has 1 unspecified atom stereocenters. The minimum Gasteiger partial charge on any atom is -0.495 e. The number of ether oxygens (including phenoxy) is 2. The van der Waals surface area contributed by atoms with E-state index in [2.05, 4.69) is 4.72 Å². The van der Waals surface area contributed by atoms with Crippen molar-refractivity contribution in [1.82, 2.24) is 4.72 Å². The second-order valence-electron chi connectivity index (χ2n) is 4.79. The lowest BCUT2D eigenvalue weighted by atomic mass is 10.2. The Morgan fingerprint density at radius 1 is 1.52 bits per heavy atom. The van der Waals surface area contributed by atoms with E-state index in [1.165, 1.54) is 13.2 Å². The third-order valence-corrected chi connectivity index (χ3v) is 4.98. The zero-order valence-electron chi connectivity index (χ0n) is 11.8. The lowest BCUT2D eigenvalue weighted by Gasteiger charge is -2.16. The molecule has 0 radical (unpaired) electrons. The highest BCUT2D eigenvalue weighted by Gasteiger charge is 2.25. The maximum absolute atomic E-state index is 12.4. The molecule has 1 aliphatic heterocycles. The van der Waals surface area contributed by atoms with E-state index in [9.17, 15) is 8.42 Å². The van der Waals surface area contributed by atoms with Gasteiger partial charge in [-0.15, -0.1) is 0 Å². The Labute approximate surface area is 129 Å². The van der Waals surface area contributed by atoms with Gasteiger partial charge < -0.3 is 15.2 Å². The topological polar surface area (TPSA) is 90.7 Å². The van der Waals surface area contributed by atoms with Gasteiger partial charge in [-0.1, -0.05) is 11.6 Å². The molecule has 1 atom stereocenters. The predicted molar refractivity (Wildman–Crippen MR) is 80.1 cm³/mol. The van der Waals surface area contributed by atoms with Crippen molar-refractivity contribution < 1.29 is 17.9 Å². The summed E-state index contributed by atoms with van der Waals surface area (Å²) in [6.45, 7) is 1.04. The third-order valence-electron chi connectivity index (χ3n) is 3.34. The smallest absolute Gasteiger partial charge is 0.244 e. The van der Waals surface area contributed by atoms with Gasteiger partial charge in [0, 0.05) is 30.3 Å². The van der Waals surface area contributed by atoms with Crippen molar-refractivity contribution >= 4 is 21.6 Å². The zero-order chi connectivity index (χ0) is 15.5. The summed E-state index contributed by atoms with van der Waals surface area (Å²) in [5, 5.41) is 0.300. The molecule has 0 aliphatic carbocycles. The maximum atomic E-state index is 12.4. The molecule has 1 aromatic rings. The second kappa shape index (κ2) is 6.93. The first-order chi connectivity index (χ1) is 9.97. The van der Waals surface area contributed by atoms with Crippen LogP contribution < -0.4 is 15.2 Å². The molecule has 2 rings (SSSR count). The van der Waals surface area contributed by atoms with Crippen LogP contribution in [-0.2, 0) is 21.3 Å². The number of hydrogen-bond donors (Lipinski definition) is 2. The first-order valence-corrected chi connectivity index (χ1v) is 8.51. The monoisotopic (exact) mass is 334 g/mol. The molecule has 1 heterocycles. The first kappa shape index (κ1) is 16.5. The van der Waals surface area contributed by atoms with Gasteiger partial charge in [0.25, 0.3) is 0 Å². The fourth-order valence-electron chi connectivity index (χ4n) is 2.29. The van der Waals surface area contributed by atoms with Crippen molar-refractivity contribution in [1.29, 1.82) is 0 Å². The molecule has 1 saturated heterocycles. The Bertz CT molecular complexity index is 600. The molecule has 0 spiro atoms. The highest BCUT2D eigenvalue weighted by Crippen LogP contribution is 2.31. The Balaban J connectivity index is 2.27. The molecule has 0 amide bonds. The molecule has 0 bridgehead atoms. The van der Waals surface area contributed by atoms with Gasteiger partial charge in [0.05, 0.1) is 13.2 Å². The van der Waals surface area contributed by atoms with Gasteiger partial charge in [0.15, 0.2) is 0 Å². The Morgan fingerprint density at radius 3 is 2.86 bits per heavy atom. The minimum absolute atomic E-state index is 0.00375. The number of halogens is 1. The summed E-state index contributed by atoms with van der Waals surface area (Å²) in [5.74, 6) is 0.224. The molecule has 0 saturated carbocycles. The van der Waals surface area contributed by atoms with Gasteiger partial charge in [-0.3, -0.25) is 0 Å². The highest BCUT2D eigenvalue weighted by molar-refractivity contribution is 7.89. The molecule has 1 aliphatic rings. The quantitative estimate of drug-likeness (QED) is 0.817. The Hall–Kier alpha value is -0.860. The van der Waals surface area contributed by atoms with E-state index in [0.717, 1.165) is 12.8 Å². The molecule has 118 valence electrons. The molecular formula is C13H19ClN2O4S. The average molecular weight is 335 g/mol. The Morgan fingerprint density at radius 2 is 2.29 bits per heavy atom. The fraction of sp³-hybridized carbons (Fsp3) is 0.538. The largest absolute Gasteiger partial charge is 0.495 e. The molecule has 3 N–H and O–H groups in total. The van der Waals surface area contributed by atoms with Gasteiger partial charge in [-0.25, -0.2) is 13.1 Å². The van der Waals surface area contributed by atoms with Crippen molar-refractivity contribution in [2.75, 3.05) is 20.3 Å². The van der Waals surface area contributed by atoms with Crippen molar-refractivity contribution in [3.63, 3.8) is 0 Å². The molecular weight excluding hydrogens is 316 g/mol. The number of hydrogen-bond acceptors (Lipinski definition) is 5. The van der Waals surface area contributed by atoms with E-state index in [1.54, 1.807) is 6.07 Å². The van der Waals surface area contributed by atoms with Crippen LogP contribution in [0.5, 0.6) is 5.75 Å². The summed E-state index contributed by atoms with van der Waals surface area (Å²) in [6.07, 6.45) is 1.71. The van der Waals surface area contributed by atoms with Gasteiger partial charge >= 0.3 is 0 Å². The van der Waals surface area contributed by atoms with Crippen LogP contribution >= 0.6 is 11.6 Å².